The molecular weight excluding hydrogens is 304 g/mol. The highest BCUT2D eigenvalue weighted by atomic mass is 79.9. The number of nitrogens with two attached hydrogens (primary N) is 1. The summed E-state index contributed by atoms with van der Waals surface area (Å²) < 4.78 is 0.960. The summed E-state index contributed by atoms with van der Waals surface area (Å²) in [7, 11) is 0. The molecule has 0 radical (unpaired) electrons. The summed E-state index contributed by atoms with van der Waals surface area (Å²) in [6, 6.07) is 7.91. The number of benzene rings is 1. The number of aromatic amines is 1. The van der Waals surface area contributed by atoms with Gasteiger partial charge in [0, 0.05) is 23.3 Å². The number of halogens is 1. The van der Waals surface area contributed by atoms with E-state index in [1.807, 2.05) is 36.7 Å². The average molecular weight is 317 g/mol. The number of H-pyrrole nitrogens is 1. The topological polar surface area (TPSA) is 67.6 Å². The largest absolute Gasteiger partial charge is 0.397 e. The highest BCUT2D eigenvalue weighted by Gasteiger charge is 2.07. The molecule has 0 saturated carbocycles. The number of rotatable bonds is 3. The molecule has 3 rings (SSSR count). The van der Waals surface area contributed by atoms with Gasteiger partial charge in [0.15, 0.2) is 0 Å². The van der Waals surface area contributed by atoms with E-state index in [0.717, 1.165) is 34.2 Å². The van der Waals surface area contributed by atoms with E-state index in [2.05, 4.69) is 30.9 Å². The Balaban J connectivity index is 1.84. The van der Waals surface area contributed by atoms with E-state index in [-0.39, 0.29) is 0 Å². The van der Waals surface area contributed by atoms with Gasteiger partial charge in [0.25, 0.3) is 0 Å². The molecule has 19 heavy (non-hydrogen) atoms. The molecule has 1 aromatic carbocycles. The summed E-state index contributed by atoms with van der Waals surface area (Å²) >= 11 is 3.43. The van der Waals surface area contributed by atoms with E-state index in [1.54, 1.807) is 0 Å². The SMILES string of the molecule is Nc1cc(Br)cc2[nH]c(CCc3ccncc3)nc12. The molecule has 0 aliphatic heterocycles. The maximum Gasteiger partial charge on any atom is 0.112 e. The second kappa shape index (κ2) is 5.01. The summed E-state index contributed by atoms with van der Waals surface area (Å²) in [5.74, 6) is 0.955. The first-order valence-electron chi connectivity index (χ1n) is 6.05. The van der Waals surface area contributed by atoms with Gasteiger partial charge in [-0.3, -0.25) is 4.98 Å². The number of aromatic nitrogens is 3. The Morgan fingerprint density at radius 3 is 2.74 bits per heavy atom. The highest BCUT2D eigenvalue weighted by Crippen LogP contribution is 2.24. The molecule has 0 spiro atoms. The molecule has 0 amide bonds. The number of nitrogens with zero attached hydrogens (tertiary/aromatic N) is 2. The number of nitrogen functional groups attached to an aromatic ring is 1. The molecule has 3 N–H and O–H groups in total. The Morgan fingerprint density at radius 2 is 1.95 bits per heavy atom. The predicted molar refractivity (Wildman–Crippen MR) is 79.9 cm³/mol. The first kappa shape index (κ1) is 12.2. The van der Waals surface area contributed by atoms with Gasteiger partial charge in [-0.25, -0.2) is 4.98 Å². The molecule has 2 heterocycles. The van der Waals surface area contributed by atoms with Crippen molar-refractivity contribution in [1.29, 1.82) is 0 Å². The first-order chi connectivity index (χ1) is 9.22. The van der Waals surface area contributed by atoms with Crippen molar-refractivity contribution in [3.8, 4) is 0 Å². The Hall–Kier alpha value is -1.88. The van der Waals surface area contributed by atoms with Gasteiger partial charge in [0.2, 0.25) is 0 Å². The van der Waals surface area contributed by atoms with Crippen LogP contribution >= 0.6 is 15.9 Å². The highest BCUT2D eigenvalue weighted by molar-refractivity contribution is 9.10. The van der Waals surface area contributed by atoms with Gasteiger partial charge in [-0.15, -0.1) is 0 Å². The number of aryl methyl sites for hydroxylation is 2. The molecule has 0 saturated heterocycles. The minimum Gasteiger partial charge on any atom is -0.397 e. The number of anilines is 1. The maximum atomic E-state index is 5.96. The van der Waals surface area contributed by atoms with Gasteiger partial charge < -0.3 is 10.7 Å². The van der Waals surface area contributed by atoms with E-state index in [0.29, 0.717) is 5.69 Å². The normalized spacial score (nSPS) is 11.0. The number of hydrogen-bond acceptors (Lipinski definition) is 3. The molecule has 2 aromatic heterocycles. The lowest BCUT2D eigenvalue weighted by molar-refractivity contribution is 0.888. The smallest absolute Gasteiger partial charge is 0.112 e. The van der Waals surface area contributed by atoms with Crippen LogP contribution in [0, 0.1) is 0 Å². The number of imidazole rings is 1. The quantitative estimate of drug-likeness (QED) is 0.730. The van der Waals surface area contributed by atoms with E-state index in [4.69, 9.17) is 5.73 Å². The number of nitrogens with one attached hydrogen (secondary N) is 1. The predicted octanol–water partition coefficient (Wildman–Crippen LogP) is 3.09. The van der Waals surface area contributed by atoms with Crippen molar-refractivity contribution in [2.24, 2.45) is 0 Å². The van der Waals surface area contributed by atoms with Crippen molar-refractivity contribution in [2.75, 3.05) is 5.73 Å². The van der Waals surface area contributed by atoms with Crippen molar-refractivity contribution >= 4 is 32.7 Å². The maximum absolute atomic E-state index is 5.96. The van der Waals surface area contributed by atoms with Crippen LogP contribution in [0.4, 0.5) is 5.69 Å². The third-order valence-corrected chi connectivity index (χ3v) is 3.49. The van der Waals surface area contributed by atoms with Gasteiger partial charge in [0.1, 0.15) is 11.3 Å². The van der Waals surface area contributed by atoms with Gasteiger partial charge >= 0.3 is 0 Å². The molecule has 0 bridgehead atoms. The fourth-order valence-corrected chi connectivity index (χ4v) is 2.56. The molecule has 4 nitrogen and oxygen atoms in total. The van der Waals surface area contributed by atoms with E-state index < -0.39 is 0 Å². The van der Waals surface area contributed by atoms with Gasteiger partial charge in [-0.2, -0.15) is 0 Å². The Kier molecular flexibility index (Phi) is 3.21. The zero-order chi connectivity index (χ0) is 13.2. The first-order valence-corrected chi connectivity index (χ1v) is 6.84. The van der Waals surface area contributed by atoms with Crippen molar-refractivity contribution in [3.05, 3.63) is 52.5 Å². The van der Waals surface area contributed by atoms with Crippen LogP contribution in [0.1, 0.15) is 11.4 Å². The number of fused-ring (bicyclic) bond motifs is 1. The van der Waals surface area contributed by atoms with E-state index in [9.17, 15) is 0 Å². The lowest BCUT2D eigenvalue weighted by atomic mass is 10.1. The zero-order valence-corrected chi connectivity index (χ0v) is 11.8. The molecular formula is C14H13BrN4. The fraction of sp³-hybridized carbons (Fsp3) is 0.143. The molecule has 96 valence electrons. The lowest BCUT2D eigenvalue weighted by Crippen LogP contribution is -1.93. The van der Waals surface area contributed by atoms with Gasteiger partial charge in [-0.05, 0) is 36.2 Å². The molecule has 0 unspecified atom stereocenters. The third-order valence-electron chi connectivity index (χ3n) is 3.03. The standard InChI is InChI=1S/C14H13BrN4/c15-10-7-11(16)14-12(8-10)18-13(19-14)2-1-9-3-5-17-6-4-9/h3-8H,1-2,16H2,(H,18,19). The van der Waals surface area contributed by atoms with Crippen LogP contribution in [0.2, 0.25) is 0 Å². The zero-order valence-electron chi connectivity index (χ0n) is 10.2. The Labute approximate surface area is 119 Å². The summed E-state index contributed by atoms with van der Waals surface area (Å²) in [4.78, 5) is 11.9. The number of pyridine rings is 1. The van der Waals surface area contributed by atoms with Gasteiger partial charge in [0.05, 0.1) is 11.2 Å². The van der Waals surface area contributed by atoms with Crippen molar-refractivity contribution in [2.45, 2.75) is 12.8 Å². The molecule has 3 aromatic rings. The van der Waals surface area contributed by atoms with Crippen LogP contribution < -0.4 is 5.73 Å². The van der Waals surface area contributed by atoms with Crippen LogP contribution in [0.25, 0.3) is 11.0 Å². The van der Waals surface area contributed by atoms with Crippen molar-refractivity contribution in [1.82, 2.24) is 15.0 Å². The third kappa shape index (κ3) is 2.61. The summed E-state index contributed by atoms with van der Waals surface area (Å²) in [5.41, 5.74) is 9.71. The van der Waals surface area contributed by atoms with Crippen LogP contribution in [-0.2, 0) is 12.8 Å². The monoisotopic (exact) mass is 316 g/mol. The van der Waals surface area contributed by atoms with E-state index >= 15 is 0 Å². The molecule has 0 atom stereocenters. The number of hydrogen-bond donors (Lipinski definition) is 2. The molecule has 5 heteroatoms. The van der Waals surface area contributed by atoms with Crippen molar-refractivity contribution in [3.63, 3.8) is 0 Å². The Bertz CT molecular complexity index is 706. The summed E-state index contributed by atoms with van der Waals surface area (Å²) in [6.07, 6.45) is 5.41. The molecule has 0 aliphatic rings. The fourth-order valence-electron chi connectivity index (χ4n) is 2.09. The minimum atomic E-state index is 0.691. The lowest BCUT2D eigenvalue weighted by Gasteiger charge is -1.97. The summed E-state index contributed by atoms with van der Waals surface area (Å²) in [6.45, 7) is 0. The second-order valence-electron chi connectivity index (χ2n) is 4.43. The van der Waals surface area contributed by atoms with Gasteiger partial charge in [-0.1, -0.05) is 15.9 Å². The van der Waals surface area contributed by atoms with Crippen molar-refractivity contribution < 1.29 is 0 Å². The summed E-state index contributed by atoms with van der Waals surface area (Å²) in [5, 5.41) is 0. The van der Waals surface area contributed by atoms with Crippen LogP contribution in [0.5, 0.6) is 0 Å². The Morgan fingerprint density at radius 1 is 1.16 bits per heavy atom. The second-order valence-corrected chi connectivity index (χ2v) is 5.35. The van der Waals surface area contributed by atoms with E-state index in [1.165, 1.54) is 5.56 Å². The van der Waals surface area contributed by atoms with Crippen LogP contribution in [-0.4, -0.2) is 15.0 Å². The van der Waals surface area contributed by atoms with Crippen LogP contribution in [0.15, 0.2) is 41.1 Å². The molecule has 0 aliphatic carbocycles. The minimum absolute atomic E-state index is 0.691. The van der Waals surface area contributed by atoms with Crippen LogP contribution in [0.3, 0.4) is 0 Å². The molecule has 0 fully saturated rings. The average Bonchev–Trinajstić information content (AvgIpc) is 2.81.